The van der Waals surface area contributed by atoms with Crippen molar-refractivity contribution in [2.45, 2.75) is 37.5 Å². The molecule has 1 saturated carbocycles. The van der Waals surface area contributed by atoms with Gasteiger partial charge in [0.05, 0.1) is 16.8 Å². The Labute approximate surface area is 129 Å². The van der Waals surface area contributed by atoms with Gasteiger partial charge in [-0.3, -0.25) is 4.98 Å². The van der Waals surface area contributed by atoms with Crippen LogP contribution in [0.1, 0.15) is 31.7 Å². The molecular formula is C17H19N3S. The van der Waals surface area contributed by atoms with Crippen LogP contribution in [-0.2, 0) is 0 Å². The molecule has 1 aromatic carbocycles. The molecule has 3 nitrogen and oxygen atoms in total. The van der Waals surface area contributed by atoms with Crippen molar-refractivity contribution < 1.29 is 0 Å². The topological polar surface area (TPSA) is 48.7 Å². The summed E-state index contributed by atoms with van der Waals surface area (Å²) in [6.45, 7) is 2.21. The van der Waals surface area contributed by atoms with Gasteiger partial charge in [-0.2, -0.15) is 17.0 Å². The van der Waals surface area contributed by atoms with Gasteiger partial charge >= 0.3 is 0 Å². The number of thioether (sulfide) groups is 1. The second-order valence-electron chi connectivity index (χ2n) is 5.35. The lowest BCUT2D eigenvalue weighted by Gasteiger charge is -2.22. The Balaban J connectivity index is 1.97. The average Bonchev–Trinajstić information content (AvgIpc) is 2.95. The molecular weight excluding hydrogens is 278 g/mol. The van der Waals surface area contributed by atoms with Crippen molar-refractivity contribution in [1.82, 2.24) is 4.98 Å². The summed E-state index contributed by atoms with van der Waals surface area (Å²) in [5.41, 5.74) is 2.54. The van der Waals surface area contributed by atoms with Crippen LogP contribution in [0.5, 0.6) is 0 Å². The molecule has 1 aromatic heterocycles. The maximum absolute atomic E-state index is 9.39. The minimum atomic E-state index is 0.452. The van der Waals surface area contributed by atoms with Crippen LogP contribution in [0.25, 0.3) is 10.9 Å². The Morgan fingerprint density at radius 1 is 1.38 bits per heavy atom. The predicted octanol–water partition coefficient (Wildman–Crippen LogP) is 4.19. The van der Waals surface area contributed by atoms with Crippen LogP contribution in [0, 0.1) is 11.3 Å². The molecule has 0 aliphatic heterocycles. The van der Waals surface area contributed by atoms with Gasteiger partial charge in [0.25, 0.3) is 0 Å². The molecule has 21 heavy (non-hydrogen) atoms. The van der Waals surface area contributed by atoms with Crippen LogP contribution < -0.4 is 5.32 Å². The highest BCUT2D eigenvalue weighted by Gasteiger charge is 2.28. The molecule has 1 aliphatic rings. The molecule has 0 bridgehead atoms. The van der Waals surface area contributed by atoms with Gasteiger partial charge in [0.1, 0.15) is 6.07 Å². The van der Waals surface area contributed by atoms with Crippen molar-refractivity contribution >= 4 is 28.4 Å². The van der Waals surface area contributed by atoms with Crippen molar-refractivity contribution in [3.05, 3.63) is 36.0 Å². The van der Waals surface area contributed by atoms with Crippen LogP contribution in [-0.4, -0.2) is 22.0 Å². The molecule has 108 valence electrons. The molecule has 0 spiro atoms. The van der Waals surface area contributed by atoms with E-state index in [1.807, 2.05) is 36.0 Å². The SMILES string of the molecule is CCSC1CCCC1Nc1c(C#N)cnc2ccccc12. The first-order valence-electron chi connectivity index (χ1n) is 7.49. The second-order valence-corrected chi connectivity index (χ2v) is 6.87. The number of nitrogens with one attached hydrogen (secondary N) is 1. The summed E-state index contributed by atoms with van der Waals surface area (Å²) in [5, 5.41) is 14.7. The first-order chi connectivity index (χ1) is 10.3. The largest absolute Gasteiger partial charge is 0.380 e. The van der Waals surface area contributed by atoms with E-state index in [1.54, 1.807) is 6.20 Å². The highest BCUT2D eigenvalue weighted by molar-refractivity contribution is 7.99. The lowest BCUT2D eigenvalue weighted by Crippen LogP contribution is -2.26. The molecule has 2 unspecified atom stereocenters. The third-order valence-electron chi connectivity index (χ3n) is 4.06. The standard InChI is InChI=1S/C17H19N3S/c1-2-21-16-9-5-8-15(16)20-17-12(10-18)11-19-14-7-4-3-6-13(14)17/h3-4,6-7,11,15-16H,2,5,8-9H2,1H3,(H,19,20). The van der Waals surface area contributed by atoms with Gasteiger partial charge in [-0.15, -0.1) is 0 Å². The van der Waals surface area contributed by atoms with Gasteiger partial charge in [0, 0.05) is 22.9 Å². The lowest BCUT2D eigenvalue weighted by atomic mass is 10.1. The van der Waals surface area contributed by atoms with E-state index in [0.717, 1.165) is 22.3 Å². The van der Waals surface area contributed by atoms with Gasteiger partial charge in [-0.25, -0.2) is 0 Å². The van der Waals surface area contributed by atoms with E-state index < -0.39 is 0 Å². The zero-order chi connectivity index (χ0) is 14.7. The first-order valence-corrected chi connectivity index (χ1v) is 8.54. The maximum Gasteiger partial charge on any atom is 0.103 e. The fourth-order valence-corrected chi connectivity index (χ4v) is 4.27. The number of hydrogen-bond donors (Lipinski definition) is 1. The average molecular weight is 297 g/mol. The summed E-state index contributed by atoms with van der Waals surface area (Å²) in [6.07, 6.45) is 5.39. The van der Waals surface area contributed by atoms with Crippen molar-refractivity contribution in [1.29, 1.82) is 5.26 Å². The summed E-state index contributed by atoms with van der Waals surface area (Å²) in [4.78, 5) is 4.37. The third kappa shape index (κ3) is 2.84. The van der Waals surface area contributed by atoms with E-state index >= 15 is 0 Å². The zero-order valence-corrected chi connectivity index (χ0v) is 13.0. The smallest absolute Gasteiger partial charge is 0.103 e. The summed E-state index contributed by atoms with van der Waals surface area (Å²) in [5.74, 6) is 1.14. The van der Waals surface area contributed by atoms with Crippen LogP contribution in [0.2, 0.25) is 0 Å². The van der Waals surface area contributed by atoms with Gasteiger partial charge in [0.15, 0.2) is 0 Å². The number of rotatable bonds is 4. The second kappa shape index (κ2) is 6.36. The minimum absolute atomic E-state index is 0.452. The maximum atomic E-state index is 9.39. The molecule has 4 heteroatoms. The number of nitrogens with zero attached hydrogens (tertiary/aromatic N) is 2. The van der Waals surface area contributed by atoms with Crippen molar-refractivity contribution in [2.75, 3.05) is 11.1 Å². The van der Waals surface area contributed by atoms with E-state index in [2.05, 4.69) is 23.3 Å². The Hall–Kier alpha value is -1.73. The number of anilines is 1. The van der Waals surface area contributed by atoms with Gasteiger partial charge in [0.2, 0.25) is 0 Å². The summed E-state index contributed by atoms with van der Waals surface area (Å²) < 4.78 is 0. The molecule has 2 atom stereocenters. The van der Waals surface area contributed by atoms with Gasteiger partial charge < -0.3 is 5.32 Å². The molecule has 1 fully saturated rings. The Kier molecular flexibility index (Phi) is 4.31. The predicted molar refractivity (Wildman–Crippen MR) is 89.6 cm³/mol. The van der Waals surface area contributed by atoms with E-state index in [-0.39, 0.29) is 0 Å². The van der Waals surface area contributed by atoms with Crippen LogP contribution in [0.3, 0.4) is 0 Å². The first kappa shape index (κ1) is 14.2. The van der Waals surface area contributed by atoms with E-state index in [0.29, 0.717) is 16.9 Å². The van der Waals surface area contributed by atoms with Crippen LogP contribution in [0.4, 0.5) is 5.69 Å². The van der Waals surface area contributed by atoms with Crippen molar-refractivity contribution in [3.63, 3.8) is 0 Å². The molecule has 2 aromatic rings. The zero-order valence-electron chi connectivity index (χ0n) is 12.2. The molecule has 1 heterocycles. The van der Waals surface area contributed by atoms with E-state index in [1.165, 1.54) is 19.3 Å². The normalized spacial score (nSPS) is 21.3. The van der Waals surface area contributed by atoms with Gasteiger partial charge in [-0.05, 0) is 24.7 Å². The number of fused-ring (bicyclic) bond motifs is 1. The number of nitriles is 1. The Bertz CT molecular complexity index is 677. The fraction of sp³-hybridized carbons (Fsp3) is 0.412. The van der Waals surface area contributed by atoms with Gasteiger partial charge in [-0.1, -0.05) is 31.5 Å². The minimum Gasteiger partial charge on any atom is -0.380 e. The summed E-state index contributed by atoms with van der Waals surface area (Å²) in [7, 11) is 0. The van der Waals surface area contributed by atoms with Crippen LogP contribution >= 0.6 is 11.8 Å². The fourth-order valence-electron chi connectivity index (χ4n) is 3.07. The number of hydrogen-bond acceptors (Lipinski definition) is 4. The summed E-state index contributed by atoms with van der Waals surface area (Å²) in [6, 6.07) is 10.8. The molecule has 0 amide bonds. The Morgan fingerprint density at radius 2 is 2.24 bits per heavy atom. The van der Waals surface area contributed by atoms with Crippen LogP contribution in [0.15, 0.2) is 30.5 Å². The van der Waals surface area contributed by atoms with Crippen molar-refractivity contribution in [2.24, 2.45) is 0 Å². The van der Waals surface area contributed by atoms with Crippen molar-refractivity contribution in [3.8, 4) is 6.07 Å². The molecule has 1 aliphatic carbocycles. The number of aromatic nitrogens is 1. The highest BCUT2D eigenvalue weighted by atomic mass is 32.2. The molecule has 1 N–H and O–H groups in total. The molecule has 3 rings (SSSR count). The number of pyridine rings is 1. The number of benzene rings is 1. The third-order valence-corrected chi connectivity index (χ3v) is 5.38. The van der Waals surface area contributed by atoms with E-state index in [4.69, 9.17) is 0 Å². The lowest BCUT2D eigenvalue weighted by molar-refractivity contribution is 0.768. The molecule has 0 saturated heterocycles. The number of para-hydroxylation sites is 1. The highest BCUT2D eigenvalue weighted by Crippen LogP contribution is 2.34. The summed E-state index contributed by atoms with van der Waals surface area (Å²) >= 11 is 2.02. The monoisotopic (exact) mass is 297 g/mol. The quantitative estimate of drug-likeness (QED) is 0.919. The Morgan fingerprint density at radius 3 is 3.05 bits per heavy atom. The molecule has 0 radical (unpaired) electrons. The van der Waals surface area contributed by atoms with E-state index in [9.17, 15) is 5.26 Å².